The quantitative estimate of drug-likeness (QED) is 0.900. The minimum absolute atomic E-state index is 0.168. The van der Waals surface area contributed by atoms with Crippen molar-refractivity contribution in [3.8, 4) is 0 Å². The monoisotopic (exact) mass is 361 g/mol. The van der Waals surface area contributed by atoms with Crippen LogP contribution in [0.15, 0.2) is 21.5 Å². The van der Waals surface area contributed by atoms with E-state index in [0.29, 0.717) is 39.5 Å². The van der Waals surface area contributed by atoms with Crippen LogP contribution in [0.2, 0.25) is 0 Å². The first kappa shape index (κ1) is 15.9. The Balaban J connectivity index is 2.41. The van der Waals surface area contributed by atoms with Crippen LogP contribution in [-0.4, -0.2) is 30.9 Å². The van der Waals surface area contributed by atoms with E-state index in [1.807, 2.05) is 0 Å². The Labute approximate surface area is 129 Å². The van der Waals surface area contributed by atoms with Gasteiger partial charge in [0.2, 0.25) is 10.0 Å². The largest absolute Gasteiger partial charge is 0.392 e. The predicted octanol–water partition coefficient (Wildman–Crippen LogP) is 2.67. The van der Waals surface area contributed by atoms with Gasteiger partial charge in [-0.1, -0.05) is 22.9 Å². The van der Waals surface area contributed by atoms with Crippen molar-refractivity contribution in [1.29, 1.82) is 0 Å². The number of benzene rings is 1. The number of halogens is 1. The molecule has 6 heteroatoms. The summed E-state index contributed by atoms with van der Waals surface area (Å²) >= 11 is 3.37. The van der Waals surface area contributed by atoms with Gasteiger partial charge in [-0.2, -0.15) is 4.31 Å². The molecule has 1 fully saturated rings. The zero-order chi connectivity index (χ0) is 14.9. The molecule has 1 aromatic rings. The number of piperidine rings is 1. The second kappa shape index (κ2) is 6.13. The Morgan fingerprint density at radius 2 is 1.95 bits per heavy atom. The molecule has 1 saturated heterocycles. The highest BCUT2D eigenvalue weighted by atomic mass is 79.9. The molecule has 0 unspecified atom stereocenters. The number of rotatable bonds is 3. The van der Waals surface area contributed by atoms with Gasteiger partial charge < -0.3 is 5.11 Å². The van der Waals surface area contributed by atoms with E-state index in [9.17, 15) is 13.5 Å². The Bertz CT molecular complexity index is 593. The maximum Gasteiger partial charge on any atom is 0.243 e. The third-order valence-electron chi connectivity index (χ3n) is 3.90. The van der Waals surface area contributed by atoms with Crippen LogP contribution in [0, 0.1) is 12.8 Å². The van der Waals surface area contributed by atoms with Gasteiger partial charge >= 0.3 is 0 Å². The van der Waals surface area contributed by atoms with Gasteiger partial charge in [0.05, 0.1) is 11.5 Å². The second-order valence-electron chi connectivity index (χ2n) is 5.45. The topological polar surface area (TPSA) is 57.6 Å². The third-order valence-corrected chi connectivity index (χ3v) is 6.75. The first-order valence-corrected chi connectivity index (χ1v) is 8.99. The maximum atomic E-state index is 12.8. The van der Waals surface area contributed by atoms with Crippen LogP contribution in [0.25, 0.3) is 0 Å². The number of aliphatic hydroxyl groups excluding tert-OH is 1. The lowest BCUT2D eigenvalue weighted by Crippen LogP contribution is -2.38. The van der Waals surface area contributed by atoms with Gasteiger partial charge in [0.15, 0.2) is 0 Å². The first-order valence-electron chi connectivity index (χ1n) is 6.76. The summed E-state index contributed by atoms with van der Waals surface area (Å²) in [4.78, 5) is 0.297. The Hall–Kier alpha value is -0.430. The van der Waals surface area contributed by atoms with Crippen molar-refractivity contribution in [2.45, 2.75) is 38.2 Å². The molecule has 20 heavy (non-hydrogen) atoms. The minimum atomic E-state index is -3.48. The highest BCUT2D eigenvalue weighted by Gasteiger charge is 2.30. The van der Waals surface area contributed by atoms with Crippen LogP contribution < -0.4 is 0 Å². The molecule has 1 N–H and O–H groups in total. The first-order chi connectivity index (χ1) is 9.36. The van der Waals surface area contributed by atoms with Crippen LogP contribution in [0.5, 0.6) is 0 Å². The zero-order valence-corrected chi connectivity index (χ0v) is 14.2. The van der Waals surface area contributed by atoms with Crippen molar-refractivity contribution < 1.29 is 13.5 Å². The lowest BCUT2D eigenvalue weighted by Gasteiger charge is -2.30. The average Bonchev–Trinajstić information content (AvgIpc) is 2.42. The van der Waals surface area contributed by atoms with E-state index in [1.54, 1.807) is 23.4 Å². The Kier molecular flexibility index (Phi) is 4.89. The van der Waals surface area contributed by atoms with Crippen LogP contribution in [-0.2, 0) is 16.6 Å². The van der Waals surface area contributed by atoms with Gasteiger partial charge in [-0.25, -0.2) is 8.42 Å². The van der Waals surface area contributed by atoms with E-state index in [2.05, 4.69) is 22.9 Å². The van der Waals surface area contributed by atoms with Gasteiger partial charge in [-0.15, -0.1) is 0 Å². The lowest BCUT2D eigenvalue weighted by atomic mass is 10.0. The molecular weight excluding hydrogens is 342 g/mol. The third kappa shape index (κ3) is 3.08. The standard InChI is InChI=1S/C14H20BrNO3S/c1-10-3-5-16(6-4-10)20(18,19)14-8-12(9-17)7-13(15)11(14)2/h7-8,10,17H,3-6,9H2,1-2H3. The van der Waals surface area contributed by atoms with Gasteiger partial charge in [0.25, 0.3) is 0 Å². The average molecular weight is 362 g/mol. The number of aliphatic hydroxyl groups is 1. The highest BCUT2D eigenvalue weighted by molar-refractivity contribution is 9.10. The molecule has 1 aromatic carbocycles. The summed E-state index contributed by atoms with van der Waals surface area (Å²) in [6.45, 7) is 4.91. The molecule has 0 atom stereocenters. The van der Waals surface area contributed by atoms with Crippen molar-refractivity contribution >= 4 is 26.0 Å². The van der Waals surface area contributed by atoms with Crippen molar-refractivity contribution in [1.82, 2.24) is 4.31 Å². The van der Waals surface area contributed by atoms with E-state index < -0.39 is 10.0 Å². The Morgan fingerprint density at radius 3 is 2.50 bits per heavy atom. The normalized spacial score (nSPS) is 18.4. The van der Waals surface area contributed by atoms with Crippen molar-refractivity contribution in [2.24, 2.45) is 5.92 Å². The molecule has 112 valence electrons. The highest BCUT2D eigenvalue weighted by Crippen LogP contribution is 2.30. The summed E-state index contributed by atoms with van der Waals surface area (Å²) in [7, 11) is -3.48. The van der Waals surface area contributed by atoms with E-state index in [1.165, 1.54) is 0 Å². The molecule has 0 bridgehead atoms. The molecule has 0 radical (unpaired) electrons. The van der Waals surface area contributed by atoms with E-state index in [4.69, 9.17) is 0 Å². The van der Waals surface area contributed by atoms with Crippen LogP contribution in [0.1, 0.15) is 30.9 Å². The molecule has 0 aromatic heterocycles. The summed E-state index contributed by atoms with van der Waals surface area (Å²) in [6.07, 6.45) is 1.80. The van der Waals surface area contributed by atoms with Crippen LogP contribution in [0.3, 0.4) is 0 Å². The fraction of sp³-hybridized carbons (Fsp3) is 0.571. The van der Waals surface area contributed by atoms with Crippen molar-refractivity contribution in [3.05, 3.63) is 27.7 Å². The summed E-state index contributed by atoms with van der Waals surface area (Å²) in [5, 5.41) is 9.26. The fourth-order valence-corrected chi connectivity index (χ4v) is 4.84. The second-order valence-corrected chi connectivity index (χ2v) is 8.21. The number of hydrogen-bond donors (Lipinski definition) is 1. The number of hydrogen-bond acceptors (Lipinski definition) is 3. The molecule has 4 nitrogen and oxygen atoms in total. The maximum absolute atomic E-state index is 12.8. The number of sulfonamides is 1. The smallest absolute Gasteiger partial charge is 0.243 e. The summed E-state index contributed by atoms with van der Waals surface area (Å²) in [5.74, 6) is 0.582. The van der Waals surface area contributed by atoms with E-state index in [0.717, 1.165) is 12.8 Å². The van der Waals surface area contributed by atoms with Gasteiger partial charge in [0.1, 0.15) is 0 Å². The molecule has 1 heterocycles. The predicted molar refractivity (Wildman–Crippen MR) is 82.0 cm³/mol. The van der Waals surface area contributed by atoms with Gasteiger partial charge in [0, 0.05) is 17.6 Å². The molecule has 1 aliphatic heterocycles. The van der Waals surface area contributed by atoms with Crippen LogP contribution in [0.4, 0.5) is 0 Å². The van der Waals surface area contributed by atoms with Gasteiger partial charge in [-0.3, -0.25) is 0 Å². The van der Waals surface area contributed by atoms with Crippen molar-refractivity contribution in [2.75, 3.05) is 13.1 Å². The SMILES string of the molecule is Cc1c(Br)cc(CO)cc1S(=O)(=O)N1CCC(C)CC1. The number of nitrogens with zero attached hydrogens (tertiary/aromatic N) is 1. The Morgan fingerprint density at radius 1 is 1.35 bits per heavy atom. The zero-order valence-electron chi connectivity index (χ0n) is 11.8. The molecule has 1 aliphatic rings. The summed E-state index contributed by atoms with van der Waals surface area (Å²) in [6, 6.07) is 3.33. The van der Waals surface area contributed by atoms with Gasteiger partial charge in [-0.05, 0) is 48.9 Å². The lowest BCUT2D eigenvalue weighted by molar-refractivity contribution is 0.281. The van der Waals surface area contributed by atoms with E-state index in [-0.39, 0.29) is 6.61 Å². The molecule has 0 spiro atoms. The van der Waals surface area contributed by atoms with E-state index >= 15 is 0 Å². The minimum Gasteiger partial charge on any atom is -0.392 e. The summed E-state index contributed by atoms with van der Waals surface area (Å²) in [5.41, 5.74) is 1.30. The molecule has 0 aliphatic carbocycles. The molecular formula is C14H20BrNO3S. The fourth-order valence-electron chi connectivity index (χ4n) is 2.43. The molecule has 2 rings (SSSR count). The van der Waals surface area contributed by atoms with Crippen LogP contribution >= 0.6 is 15.9 Å². The van der Waals surface area contributed by atoms with Crippen molar-refractivity contribution in [3.63, 3.8) is 0 Å². The molecule has 0 amide bonds. The molecule has 0 saturated carbocycles. The summed E-state index contributed by atoms with van der Waals surface area (Å²) < 4.78 is 27.8.